The standard InChI is InChI=1S/C25H39N3O5S/c1-15(2)18-13-20(28(14-18)24(31)16(3)25(4,5)6)23(30)27-19(12-17-9-10-26-22(17)29)21-8-7-11-34(21,32)33/h7-8,11,15-20H,9-10,12-14H2,1-6H3,(H,26,29)(H,27,30)/t16?,17?,18-,19+,20+/m1/s1. The van der Waals surface area contributed by atoms with E-state index in [0.29, 0.717) is 31.8 Å². The van der Waals surface area contributed by atoms with Gasteiger partial charge in [0.15, 0.2) is 9.84 Å². The lowest BCUT2D eigenvalue weighted by molar-refractivity contribution is -0.144. The smallest absolute Gasteiger partial charge is 0.243 e. The molecule has 0 aromatic heterocycles. The van der Waals surface area contributed by atoms with E-state index in [-0.39, 0.29) is 52.2 Å². The molecule has 3 heterocycles. The Bertz CT molecular complexity index is 993. The summed E-state index contributed by atoms with van der Waals surface area (Å²) < 4.78 is 25.2. The van der Waals surface area contributed by atoms with Gasteiger partial charge in [0.2, 0.25) is 17.7 Å². The minimum Gasteiger partial charge on any atom is -0.356 e. The molecular formula is C25H39N3O5S. The maximum Gasteiger partial charge on any atom is 0.243 e. The zero-order chi connectivity index (χ0) is 25.4. The molecule has 0 aromatic carbocycles. The molecule has 9 heteroatoms. The van der Waals surface area contributed by atoms with Crippen molar-refractivity contribution in [2.24, 2.45) is 29.1 Å². The molecule has 2 saturated heterocycles. The Morgan fingerprint density at radius 1 is 1.24 bits per heavy atom. The maximum absolute atomic E-state index is 13.6. The van der Waals surface area contributed by atoms with Crippen molar-refractivity contribution in [3.05, 3.63) is 22.5 Å². The van der Waals surface area contributed by atoms with Gasteiger partial charge >= 0.3 is 0 Å². The van der Waals surface area contributed by atoms with Crippen LogP contribution in [0.4, 0.5) is 0 Å². The van der Waals surface area contributed by atoms with Gasteiger partial charge in [-0.2, -0.15) is 0 Å². The van der Waals surface area contributed by atoms with Crippen LogP contribution >= 0.6 is 0 Å². The van der Waals surface area contributed by atoms with Crippen LogP contribution in [0, 0.1) is 29.1 Å². The van der Waals surface area contributed by atoms with Crippen molar-refractivity contribution in [3.8, 4) is 0 Å². The Kier molecular flexibility index (Phi) is 7.65. The van der Waals surface area contributed by atoms with Gasteiger partial charge in [0.25, 0.3) is 0 Å². The Morgan fingerprint density at radius 2 is 1.91 bits per heavy atom. The first-order chi connectivity index (χ1) is 15.7. The predicted molar refractivity (Wildman–Crippen MR) is 131 cm³/mol. The molecule has 0 bridgehead atoms. The quantitative estimate of drug-likeness (QED) is 0.565. The number of carbonyl (C=O) groups is 3. The van der Waals surface area contributed by atoms with Crippen LogP contribution in [-0.4, -0.2) is 56.2 Å². The number of sulfone groups is 1. The van der Waals surface area contributed by atoms with E-state index in [1.165, 1.54) is 12.2 Å². The van der Waals surface area contributed by atoms with E-state index in [4.69, 9.17) is 0 Å². The first kappa shape index (κ1) is 26.4. The van der Waals surface area contributed by atoms with Gasteiger partial charge in [-0.3, -0.25) is 14.4 Å². The van der Waals surface area contributed by atoms with Crippen LogP contribution in [0.3, 0.4) is 0 Å². The van der Waals surface area contributed by atoms with E-state index >= 15 is 0 Å². The molecule has 3 rings (SSSR count). The van der Waals surface area contributed by atoms with Crippen LogP contribution in [0.25, 0.3) is 0 Å². The topological polar surface area (TPSA) is 113 Å². The third kappa shape index (κ3) is 5.56. The molecule has 0 aromatic rings. The molecule has 0 aliphatic carbocycles. The van der Waals surface area contributed by atoms with Crippen LogP contribution in [0.15, 0.2) is 22.5 Å². The number of allylic oxidation sites excluding steroid dienone is 2. The van der Waals surface area contributed by atoms with E-state index in [0.717, 1.165) is 5.41 Å². The molecule has 2 unspecified atom stereocenters. The number of rotatable bonds is 7. The lowest BCUT2D eigenvalue weighted by atomic mass is 9.81. The summed E-state index contributed by atoms with van der Waals surface area (Å²) in [7, 11) is -3.65. The summed E-state index contributed by atoms with van der Waals surface area (Å²) in [4.78, 5) is 41.0. The number of hydrogen-bond donors (Lipinski definition) is 2. The summed E-state index contributed by atoms with van der Waals surface area (Å²) >= 11 is 0. The summed E-state index contributed by atoms with van der Waals surface area (Å²) in [5.41, 5.74) is -0.249. The van der Waals surface area contributed by atoms with Crippen molar-refractivity contribution < 1.29 is 22.8 Å². The van der Waals surface area contributed by atoms with Crippen molar-refractivity contribution in [2.45, 2.75) is 72.9 Å². The fourth-order valence-corrected chi connectivity index (χ4v) is 6.12. The summed E-state index contributed by atoms with van der Waals surface area (Å²) in [6.07, 6.45) is 4.27. The molecule has 0 radical (unpaired) electrons. The molecule has 34 heavy (non-hydrogen) atoms. The molecule has 3 amide bonds. The van der Waals surface area contributed by atoms with Gasteiger partial charge in [-0.05, 0) is 48.7 Å². The molecule has 8 nitrogen and oxygen atoms in total. The summed E-state index contributed by atoms with van der Waals surface area (Å²) in [6, 6.07) is -1.49. The molecule has 5 atom stereocenters. The van der Waals surface area contributed by atoms with E-state index in [1.54, 1.807) is 4.90 Å². The number of amides is 3. The summed E-state index contributed by atoms with van der Waals surface area (Å²) in [5.74, 6) is -0.692. The maximum atomic E-state index is 13.6. The van der Waals surface area contributed by atoms with Gasteiger partial charge in [0.1, 0.15) is 6.04 Å². The molecule has 190 valence electrons. The Balaban J connectivity index is 1.85. The van der Waals surface area contributed by atoms with Crippen molar-refractivity contribution in [2.75, 3.05) is 13.1 Å². The molecule has 2 fully saturated rings. The van der Waals surface area contributed by atoms with Crippen molar-refractivity contribution in [1.29, 1.82) is 0 Å². The molecule has 0 spiro atoms. The van der Waals surface area contributed by atoms with E-state index in [2.05, 4.69) is 24.5 Å². The highest BCUT2D eigenvalue weighted by Gasteiger charge is 2.44. The number of likely N-dealkylation sites (tertiary alicyclic amines) is 1. The second-order valence-electron chi connectivity index (χ2n) is 11.3. The molecule has 0 saturated carbocycles. The van der Waals surface area contributed by atoms with Crippen molar-refractivity contribution in [3.63, 3.8) is 0 Å². The predicted octanol–water partition coefficient (Wildman–Crippen LogP) is 2.38. The van der Waals surface area contributed by atoms with Gasteiger partial charge in [0, 0.05) is 30.3 Å². The molecule has 2 N–H and O–H groups in total. The third-order valence-corrected chi connectivity index (χ3v) is 9.31. The monoisotopic (exact) mass is 493 g/mol. The van der Waals surface area contributed by atoms with Gasteiger partial charge in [0.05, 0.1) is 10.9 Å². The number of nitrogens with zero attached hydrogens (tertiary/aromatic N) is 1. The largest absolute Gasteiger partial charge is 0.356 e. The molecule has 3 aliphatic heterocycles. The molecular weight excluding hydrogens is 454 g/mol. The van der Waals surface area contributed by atoms with Gasteiger partial charge in [-0.15, -0.1) is 0 Å². The van der Waals surface area contributed by atoms with E-state index < -0.39 is 21.9 Å². The Morgan fingerprint density at radius 3 is 2.41 bits per heavy atom. The highest BCUT2D eigenvalue weighted by atomic mass is 32.2. The van der Waals surface area contributed by atoms with Crippen LogP contribution in [0.2, 0.25) is 0 Å². The minimum absolute atomic E-state index is 0.0584. The average molecular weight is 494 g/mol. The highest BCUT2D eigenvalue weighted by molar-refractivity contribution is 7.98. The van der Waals surface area contributed by atoms with Crippen LogP contribution < -0.4 is 10.6 Å². The van der Waals surface area contributed by atoms with E-state index in [1.807, 2.05) is 27.7 Å². The lowest BCUT2D eigenvalue weighted by Crippen LogP contribution is -2.52. The summed E-state index contributed by atoms with van der Waals surface area (Å²) in [5, 5.41) is 6.81. The Labute approximate surface area is 203 Å². The van der Waals surface area contributed by atoms with E-state index in [9.17, 15) is 22.8 Å². The average Bonchev–Trinajstić information content (AvgIpc) is 3.44. The molecule has 3 aliphatic rings. The second-order valence-corrected chi connectivity index (χ2v) is 13.2. The lowest BCUT2D eigenvalue weighted by Gasteiger charge is -2.33. The third-order valence-electron chi connectivity index (χ3n) is 7.72. The van der Waals surface area contributed by atoms with Crippen LogP contribution in [0.1, 0.15) is 60.8 Å². The fourth-order valence-electron chi connectivity index (χ4n) is 4.86. The van der Waals surface area contributed by atoms with Gasteiger partial charge in [-0.25, -0.2) is 8.42 Å². The minimum atomic E-state index is -3.65. The number of hydrogen-bond acceptors (Lipinski definition) is 5. The summed E-state index contributed by atoms with van der Waals surface area (Å²) in [6.45, 7) is 13.1. The SMILES string of the molecule is CC(C)[C@@H]1C[C@@H](C(=O)N[C@@H](CC2CCNC2=O)C2=CC=CS2(=O)=O)N(C(=O)C(C)C(C)(C)C)C1. The number of carbonyl (C=O) groups excluding carboxylic acids is 3. The van der Waals surface area contributed by atoms with Crippen molar-refractivity contribution >= 4 is 27.6 Å². The van der Waals surface area contributed by atoms with Crippen LogP contribution in [-0.2, 0) is 24.2 Å². The zero-order valence-corrected chi connectivity index (χ0v) is 21.9. The van der Waals surface area contributed by atoms with Gasteiger partial charge < -0.3 is 15.5 Å². The highest BCUT2D eigenvalue weighted by Crippen LogP contribution is 2.35. The zero-order valence-electron chi connectivity index (χ0n) is 21.1. The van der Waals surface area contributed by atoms with Crippen molar-refractivity contribution in [1.82, 2.24) is 15.5 Å². The second kappa shape index (κ2) is 9.84. The normalized spacial score (nSPS) is 28.1. The Hall–Kier alpha value is -2.16. The first-order valence-electron chi connectivity index (χ1n) is 12.2. The fraction of sp³-hybridized carbons (Fsp3) is 0.720. The van der Waals surface area contributed by atoms with Crippen LogP contribution in [0.5, 0.6) is 0 Å². The number of nitrogens with one attached hydrogen (secondary N) is 2. The first-order valence-corrected chi connectivity index (χ1v) is 13.8. The van der Waals surface area contributed by atoms with Gasteiger partial charge in [-0.1, -0.05) is 41.5 Å².